The van der Waals surface area contributed by atoms with E-state index in [1.807, 2.05) is 0 Å². The monoisotopic (exact) mass is 100 g/mol. The summed E-state index contributed by atoms with van der Waals surface area (Å²) in [5.41, 5.74) is 0. The van der Waals surface area contributed by atoms with Crippen LogP contribution < -0.4 is 0 Å². The third-order valence-corrected chi connectivity index (χ3v) is 1.63. The van der Waals surface area contributed by atoms with Crippen molar-refractivity contribution in [2.45, 2.75) is 12.1 Å². The molecule has 0 bridgehead atoms. The summed E-state index contributed by atoms with van der Waals surface area (Å²) in [4.78, 5) is 0. The molecule has 0 amide bonds. The van der Waals surface area contributed by atoms with Gasteiger partial charge in [0.05, 0.1) is 0 Å². The van der Waals surface area contributed by atoms with Gasteiger partial charge in [-0.1, -0.05) is 12.1 Å². The Bertz CT molecular complexity index is 28.0. The van der Waals surface area contributed by atoms with Crippen LogP contribution in [0, 0.1) is 0 Å². The van der Waals surface area contributed by atoms with E-state index >= 15 is 0 Å². The van der Waals surface area contributed by atoms with Gasteiger partial charge in [-0.2, -0.15) is 12.6 Å². The van der Waals surface area contributed by atoms with Gasteiger partial charge in [-0.05, 0) is 5.75 Å². The summed E-state index contributed by atoms with van der Waals surface area (Å²) in [6, 6.07) is 0. The van der Waals surface area contributed by atoms with Crippen molar-refractivity contribution in [2.24, 2.45) is 0 Å². The maximum atomic E-state index is 4.10. The molecule has 3 heteroatoms. The highest BCUT2D eigenvalue weighted by Crippen LogP contribution is 2.02. The standard InChI is InChI=1S/C3H10B2S/c4-1-3(5)2-6/h3,6H,1-2,4-5H2. The molecule has 0 saturated heterocycles. The van der Waals surface area contributed by atoms with Crippen molar-refractivity contribution >= 4 is 28.3 Å². The second kappa shape index (κ2) is 3.66. The molecule has 0 nitrogen and oxygen atoms in total. The molecule has 0 saturated carbocycles. The van der Waals surface area contributed by atoms with Gasteiger partial charge in [0.2, 0.25) is 0 Å². The Labute approximate surface area is 46.9 Å². The van der Waals surface area contributed by atoms with Crippen LogP contribution in [0.5, 0.6) is 0 Å². The fourth-order valence-electron chi connectivity index (χ4n) is 0.129. The Morgan fingerprint density at radius 2 is 2.17 bits per heavy atom. The lowest BCUT2D eigenvalue weighted by Crippen LogP contribution is -1.90. The Hall–Kier alpha value is 0.480. The molecule has 0 rings (SSSR count). The molecule has 6 heavy (non-hydrogen) atoms. The van der Waals surface area contributed by atoms with E-state index in [1.54, 1.807) is 0 Å². The third kappa shape index (κ3) is 2.70. The van der Waals surface area contributed by atoms with Gasteiger partial charge in [0.15, 0.2) is 0 Å². The molecule has 0 spiro atoms. The van der Waals surface area contributed by atoms with E-state index in [2.05, 4.69) is 28.3 Å². The summed E-state index contributed by atoms with van der Waals surface area (Å²) < 4.78 is 0. The van der Waals surface area contributed by atoms with Crippen molar-refractivity contribution in [1.82, 2.24) is 0 Å². The molecule has 0 aromatic carbocycles. The summed E-state index contributed by atoms with van der Waals surface area (Å²) in [5, 5.41) is 0. The van der Waals surface area contributed by atoms with E-state index in [0.717, 1.165) is 11.6 Å². The molecule has 0 fully saturated rings. The predicted molar refractivity (Wildman–Crippen MR) is 39.5 cm³/mol. The maximum Gasteiger partial charge on any atom is 0.105 e. The molecule has 34 valence electrons. The zero-order valence-corrected chi connectivity index (χ0v) is 5.33. The maximum absolute atomic E-state index is 4.10. The van der Waals surface area contributed by atoms with Crippen LogP contribution in [0.25, 0.3) is 0 Å². The smallest absolute Gasteiger partial charge is 0.105 e. The van der Waals surface area contributed by atoms with Gasteiger partial charge < -0.3 is 0 Å². The molecular formula is C3H10B2S. The SMILES string of the molecule is BCC(B)CS. The number of rotatable bonds is 2. The summed E-state index contributed by atoms with van der Waals surface area (Å²) in [6.45, 7) is 0. The second-order valence-electron chi connectivity index (χ2n) is 1.70. The number of hydrogen-bond donors (Lipinski definition) is 1. The van der Waals surface area contributed by atoms with Gasteiger partial charge in [-0.15, -0.1) is 0 Å². The van der Waals surface area contributed by atoms with E-state index in [-0.39, 0.29) is 0 Å². The summed E-state index contributed by atoms with van der Waals surface area (Å²) in [5.74, 6) is 1.82. The van der Waals surface area contributed by atoms with Crippen molar-refractivity contribution in [3.05, 3.63) is 0 Å². The molecule has 0 aromatic heterocycles. The molecule has 0 aliphatic rings. The van der Waals surface area contributed by atoms with Crippen molar-refractivity contribution < 1.29 is 0 Å². The van der Waals surface area contributed by atoms with Crippen LogP contribution in [0.4, 0.5) is 0 Å². The zero-order valence-electron chi connectivity index (χ0n) is 4.44. The van der Waals surface area contributed by atoms with Crippen LogP contribution in [-0.4, -0.2) is 21.4 Å². The Kier molecular flexibility index (Phi) is 3.96. The first-order chi connectivity index (χ1) is 2.81. The highest BCUT2D eigenvalue weighted by Gasteiger charge is 1.90. The third-order valence-electron chi connectivity index (χ3n) is 1.01. The molecule has 0 aliphatic carbocycles. The first kappa shape index (κ1) is 6.48. The molecule has 0 aliphatic heterocycles. The first-order valence-corrected chi connectivity index (χ1v) is 3.05. The quantitative estimate of drug-likeness (QED) is 0.347. The molecule has 0 heterocycles. The van der Waals surface area contributed by atoms with Crippen molar-refractivity contribution in [2.75, 3.05) is 5.75 Å². The molecular weight excluding hydrogens is 89.7 g/mol. The minimum atomic E-state index is 0.799. The van der Waals surface area contributed by atoms with E-state index in [9.17, 15) is 0 Å². The highest BCUT2D eigenvalue weighted by molar-refractivity contribution is 7.80. The molecule has 0 radical (unpaired) electrons. The summed E-state index contributed by atoms with van der Waals surface area (Å²) in [7, 11) is 4.38. The van der Waals surface area contributed by atoms with Crippen molar-refractivity contribution in [3.8, 4) is 0 Å². The lowest BCUT2D eigenvalue weighted by atomic mass is 9.78. The van der Waals surface area contributed by atoms with Gasteiger partial charge in [-0.3, -0.25) is 0 Å². The van der Waals surface area contributed by atoms with Gasteiger partial charge in [0, 0.05) is 0 Å². The fraction of sp³-hybridized carbons (Fsp3) is 1.00. The van der Waals surface area contributed by atoms with Gasteiger partial charge in [-0.25, -0.2) is 0 Å². The normalized spacial score (nSPS) is 14.2. The average molecular weight is 99.8 g/mol. The number of thiol groups is 1. The van der Waals surface area contributed by atoms with Gasteiger partial charge in [0.1, 0.15) is 15.7 Å². The molecule has 1 unspecified atom stereocenters. The van der Waals surface area contributed by atoms with Crippen molar-refractivity contribution in [1.29, 1.82) is 0 Å². The summed E-state index contributed by atoms with van der Waals surface area (Å²) in [6.07, 6.45) is 1.25. The van der Waals surface area contributed by atoms with Crippen molar-refractivity contribution in [3.63, 3.8) is 0 Å². The second-order valence-corrected chi connectivity index (χ2v) is 2.06. The minimum absolute atomic E-state index is 0.799. The van der Waals surface area contributed by atoms with Crippen LogP contribution in [0.2, 0.25) is 12.1 Å². The highest BCUT2D eigenvalue weighted by atomic mass is 32.1. The average Bonchev–Trinajstić information content (AvgIpc) is 1.65. The van der Waals surface area contributed by atoms with Crippen LogP contribution in [0.3, 0.4) is 0 Å². The van der Waals surface area contributed by atoms with Gasteiger partial charge in [0.25, 0.3) is 0 Å². The molecule has 1 atom stereocenters. The van der Waals surface area contributed by atoms with Crippen LogP contribution in [-0.2, 0) is 0 Å². The zero-order chi connectivity index (χ0) is 4.99. The Balaban J connectivity index is 2.75. The van der Waals surface area contributed by atoms with Crippen LogP contribution >= 0.6 is 12.6 Å². The Morgan fingerprint density at radius 3 is 2.17 bits per heavy atom. The summed E-state index contributed by atoms with van der Waals surface area (Å²) >= 11 is 4.10. The topological polar surface area (TPSA) is 0 Å². The molecule has 0 N–H and O–H groups in total. The van der Waals surface area contributed by atoms with Crippen LogP contribution in [0.15, 0.2) is 0 Å². The number of hydrogen-bond acceptors (Lipinski definition) is 1. The Morgan fingerprint density at radius 1 is 1.67 bits per heavy atom. The lowest BCUT2D eigenvalue weighted by molar-refractivity contribution is 1.09. The van der Waals surface area contributed by atoms with E-state index in [0.29, 0.717) is 0 Å². The predicted octanol–water partition coefficient (Wildman–Crippen LogP) is -0.611. The first-order valence-electron chi connectivity index (χ1n) is 2.42. The minimum Gasteiger partial charge on any atom is -0.180 e. The lowest BCUT2D eigenvalue weighted by Gasteiger charge is -1.97. The van der Waals surface area contributed by atoms with Gasteiger partial charge >= 0.3 is 0 Å². The van der Waals surface area contributed by atoms with E-state index in [1.165, 1.54) is 6.32 Å². The fourth-order valence-corrected chi connectivity index (χ4v) is 0.387. The molecule has 0 aromatic rings. The largest absolute Gasteiger partial charge is 0.180 e. The van der Waals surface area contributed by atoms with E-state index in [4.69, 9.17) is 0 Å². The van der Waals surface area contributed by atoms with Crippen LogP contribution in [0.1, 0.15) is 0 Å². The van der Waals surface area contributed by atoms with E-state index < -0.39 is 0 Å².